The first-order chi connectivity index (χ1) is 16.3. The average Bonchev–Trinajstić information content (AvgIpc) is 3.24. The minimum absolute atomic E-state index is 0.0245. The zero-order valence-electron chi connectivity index (χ0n) is 20.3. The molecule has 2 aromatic rings. The first-order valence-corrected chi connectivity index (χ1v) is 11.9. The Morgan fingerprint density at radius 1 is 1.26 bits per heavy atom. The summed E-state index contributed by atoms with van der Waals surface area (Å²) in [5, 5.41) is 19.7. The summed E-state index contributed by atoms with van der Waals surface area (Å²) < 4.78 is 25.2. The number of aliphatic hydroxyl groups is 1. The highest BCUT2D eigenvalue weighted by Gasteiger charge is 2.27. The number of methoxy groups -OCH3 is 1. The van der Waals surface area contributed by atoms with Crippen molar-refractivity contribution in [1.82, 2.24) is 4.90 Å². The van der Waals surface area contributed by atoms with E-state index in [0.717, 1.165) is 42.5 Å². The molecule has 6 nitrogen and oxygen atoms in total. The summed E-state index contributed by atoms with van der Waals surface area (Å²) in [6.45, 7) is 5.25. The Kier molecular flexibility index (Phi) is 9.45. The molecule has 1 aliphatic rings. The molecule has 3 atom stereocenters. The smallest absolute Gasteiger partial charge is 0.303 e. The number of likely N-dealkylation sites (tertiary alicyclic amines) is 1. The van der Waals surface area contributed by atoms with Crippen LogP contribution in [0.15, 0.2) is 36.4 Å². The number of aliphatic carboxylic acids is 1. The highest BCUT2D eigenvalue weighted by molar-refractivity contribution is 5.67. The number of carbonyl (C=O) groups is 1. The van der Waals surface area contributed by atoms with Gasteiger partial charge in [-0.1, -0.05) is 18.2 Å². The lowest BCUT2D eigenvalue weighted by Crippen LogP contribution is -2.39. The van der Waals surface area contributed by atoms with Gasteiger partial charge in [0.1, 0.15) is 11.6 Å². The van der Waals surface area contributed by atoms with Gasteiger partial charge in [0.05, 0.1) is 25.9 Å². The average molecular weight is 474 g/mol. The van der Waals surface area contributed by atoms with E-state index in [1.807, 2.05) is 37.3 Å². The minimum Gasteiger partial charge on any atom is -0.497 e. The molecule has 0 bridgehead atoms. The molecule has 2 aromatic carbocycles. The third-order valence-corrected chi connectivity index (χ3v) is 6.59. The van der Waals surface area contributed by atoms with E-state index in [0.29, 0.717) is 24.3 Å². The fraction of sp³-hybridized carbons (Fsp3) is 0.519. The van der Waals surface area contributed by atoms with Crippen molar-refractivity contribution < 1.29 is 28.9 Å². The maximum absolute atomic E-state index is 13.9. The molecule has 7 heteroatoms. The number of hydrogen-bond acceptors (Lipinski definition) is 5. The molecule has 0 radical (unpaired) electrons. The number of hydrogen-bond donors (Lipinski definition) is 2. The van der Waals surface area contributed by atoms with Crippen LogP contribution in [0.2, 0.25) is 0 Å². The number of rotatable bonds is 12. The molecule has 0 amide bonds. The maximum atomic E-state index is 13.9. The number of carboxylic acid groups (broad SMARTS) is 1. The van der Waals surface area contributed by atoms with Crippen LogP contribution in [0, 0.1) is 12.7 Å². The van der Waals surface area contributed by atoms with Gasteiger partial charge in [0.25, 0.3) is 0 Å². The second kappa shape index (κ2) is 12.3. The van der Waals surface area contributed by atoms with Crippen molar-refractivity contribution in [3.8, 4) is 5.75 Å². The van der Waals surface area contributed by atoms with Crippen LogP contribution in [0.1, 0.15) is 54.5 Å². The van der Waals surface area contributed by atoms with E-state index in [1.54, 1.807) is 20.1 Å². The van der Waals surface area contributed by atoms with Crippen molar-refractivity contribution in [2.45, 2.75) is 64.2 Å². The molecule has 0 aromatic heterocycles. The number of aryl methyl sites for hydroxylation is 2. The van der Waals surface area contributed by atoms with Crippen molar-refractivity contribution in [3.05, 3.63) is 64.5 Å². The topological polar surface area (TPSA) is 79.2 Å². The third-order valence-electron chi connectivity index (χ3n) is 6.59. The summed E-state index contributed by atoms with van der Waals surface area (Å²) in [5.41, 5.74) is 3.40. The van der Waals surface area contributed by atoms with Crippen LogP contribution in [0.25, 0.3) is 0 Å². The van der Waals surface area contributed by atoms with Crippen LogP contribution in [-0.2, 0) is 22.4 Å². The number of nitrogens with zero attached hydrogens (tertiary/aromatic N) is 1. The van der Waals surface area contributed by atoms with E-state index in [9.17, 15) is 14.3 Å². The number of halogens is 1. The number of aliphatic hydroxyl groups excluding tert-OH is 1. The van der Waals surface area contributed by atoms with Gasteiger partial charge >= 0.3 is 5.97 Å². The van der Waals surface area contributed by atoms with Crippen LogP contribution in [-0.4, -0.2) is 60.0 Å². The number of carboxylic acids is 1. The largest absolute Gasteiger partial charge is 0.497 e. The molecule has 0 saturated carbocycles. The lowest BCUT2D eigenvalue weighted by molar-refractivity contribution is -0.136. The Bertz CT molecular complexity index is 966. The van der Waals surface area contributed by atoms with Gasteiger partial charge in [-0.15, -0.1) is 0 Å². The molecule has 34 heavy (non-hydrogen) atoms. The molecule has 1 fully saturated rings. The number of ether oxygens (including phenoxy) is 2. The molecular weight excluding hydrogens is 437 g/mol. The predicted molar refractivity (Wildman–Crippen MR) is 129 cm³/mol. The van der Waals surface area contributed by atoms with Crippen molar-refractivity contribution in [1.29, 1.82) is 0 Å². The van der Waals surface area contributed by atoms with Crippen LogP contribution < -0.4 is 4.74 Å². The summed E-state index contributed by atoms with van der Waals surface area (Å²) in [4.78, 5) is 13.3. The van der Waals surface area contributed by atoms with Crippen LogP contribution >= 0.6 is 0 Å². The molecule has 186 valence electrons. The quantitative estimate of drug-likeness (QED) is 0.478. The number of benzene rings is 2. The molecule has 0 unspecified atom stereocenters. The van der Waals surface area contributed by atoms with Gasteiger partial charge in [-0.05, 0) is 86.5 Å². The fourth-order valence-corrected chi connectivity index (χ4v) is 4.63. The Morgan fingerprint density at radius 2 is 2.06 bits per heavy atom. The van der Waals surface area contributed by atoms with Gasteiger partial charge in [-0.3, -0.25) is 9.69 Å². The Balaban J connectivity index is 1.55. The monoisotopic (exact) mass is 473 g/mol. The lowest BCUT2D eigenvalue weighted by atomic mass is 9.98. The fourth-order valence-electron chi connectivity index (χ4n) is 4.63. The van der Waals surface area contributed by atoms with E-state index in [4.69, 9.17) is 14.6 Å². The SMILES string of the molecule is COc1ccc([C@@H](C)OC[C@H](O)CN2CCC[C@H]2Cc2ccc(C)c(F)c2)c(CCC(=O)O)c1. The Morgan fingerprint density at radius 3 is 2.76 bits per heavy atom. The summed E-state index contributed by atoms with van der Waals surface area (Å²) in [7, 11) is 1.58. The number of β-amino-alcohol motifs (C(OH)–C–C–N with tert-alkyl or cyclic N) is 1. The molecular formula is C27H36FNO5. The van der Waals surface area contributed by atoms with Crippen molar-refractivity contribution in [2.75, 3.05) is 26.8 Å². The van der Waals surface area contributed by atoms with Gasteiger partial charge < -0.3 is 19.7 Å². The molecule has 1 heterocycles. The first kappa shape index (κ1) is 26.1. The summed E-state index contributed by atoms with van der Waals surface area (Å²) in [5.74, 6) is -0.359. The zero-order chi connectivity index (χ0) is 24.7. The van der Waals surface area contributed by atoms with E-state index in [2.05, 4.69) is 4.90 Å². The molecule has 0 aliphatic carbocycles. The molecule has 1 aliphatic heterocycles. The van der Waals surface area contributed by atoms with Crippen molar-refractivity contribution >= 4 is 5.97 Å². The Labute approximate surface area is 201 Å². The minimum atomic E-state index is -0.855. The second-order valence-electron chi connectivity index (χ2n) is 9.17. The van der Waals surface area contributed by atoms with Crippen LogP contribution in [0.4, 0.5) is 4.39 Å². The van der Waals surface area contributed by atoms with E-state index in [1.165, 1.54) is 0 Å². The van der Waals surface area contributed by atoms with E-state index >= 15 is 0 Å². The third kappa shape index (κ3) is 7.26. The van der Waals surface area contributed by atoms with Crippen molar-refractivity contribution in [2.24, 2.45) is 0 Å². The molecule has 2 N–H and O–H groups in total. The second-order valence-corrected chi connectivity index (χ2v) is 9.17. The maximum Gasteiger partial charge on any atom is 0.303 e. The van der Waals surface area contributed by atoms with Gasteiger partial charge in [0, 0.05) is 19.0 Å². The first-order valence-electron chi connectivity index (χ1n) is 11.9. The lowest BCUT2D eigenvalue weighted by Gasteiger charge is -2.28. The summed E-state index contributed by atoms with van der Waals surface area (Å²) in [6.07, 6.45) is 2.30. The predicted octanol–water partition coefficient (Wildman–Crippen LogP) is 4.31. The summed E-state index contributed by atoms with van der Waals surface area (Å²) in [6, 6.07) is 11.3. The Hall–Kier alpha value is -2.48. The van der Waals surface area contributed by atoms with Gasteiger partial charge in [-0.25, -0.2) is 4.39 Å². The molecule has 0 spiro atoms. The van der Waals surface area contributed by atoms with Gasteiger partial charge in [-0.2, -0.15) is 0 Å². The summed E-state index contributed by atoms with van der Waals surface area (Å²) >= 11 is 0. The standard InChI is InChI=1S/C27H36FNO5/c1-18-6-7-20(14-26(18)28)13-22-5-4-12-29(22)16-23(30)17-34-19(2)25-10-9-24(33-3)15-21(25)8-11-27(31)32/h6-7,9-10,14-15,19,22-23,30H,4-5,8,11-13,16-17H2,1-3H3,(H,31,32)/t19-,22+,23-/m1/s1. The highest BCUT2D eigenvalue weighted by Crippen LogP contribution is 2.27. The normalized spacial score (nSPS) is 18.1. The van der Waals surface area contributed by atoms with E-state index in [-0.39, 0.29) is 31.0 Å². The van der Waals surface area contributed by atoms with E-state index < -0.39 is 12.1 Å². The van der Waals surface area contributed by atoms with Crippen LogP contribution in [0.3, 0.4) is 0 Å². The highest BCUT2D eigenvalue weighted by atomic mass is 19.1. The molecule has 1 saturated heterocycles. The molecule has 3 rings (SSSR count). The van der Waals surface area contributed by atoms with Gasteiger partial charge in [0.15, 0.2) is 0 Å². The van der Waals surface area contributed by atoms with Crippen LogP contribution in [0.5, 0.6) is 5.75 Å². The zero-order valence-corrected chi connectivity index (χ0v) is 20.3. The van der Waals surface area contributed by atoms with Crippen molar-refractivity contribution in [3.63, 3.8) is 0 Å². The van der Waals surface area contributed by atoms with Gasteiger partial charge in [0.2, 0.25) is 0 Å².